The first-order valence-electron chi connectivity index (χ1n) is 5.89. The zero-order valence-corrected chi connectivity index (χ0v) is 11.2. The highest BCUT2D eigenvalue weighted by molar-refractivity contribution is 7.71. The predicted octanol–water partition coefficient (Wildman–Crippen LogP) is 4.05. The van der Waals surface area contributed by atoms with Gasteiger partial charge in [-0.2, -0.15) is 0 Å². The highest BCUT2D eigenvalue weighted by atomic mass is 32.1. The number of aromatic nitrogens is 1. The summed E-state index contributed by atoms with van der Waals surface area (Å²) < 4.78 is 7.14. The summed E-state index contributed by atoms with van der Waals surface area (Å²) in [4.78, 5) is 12.0. The fourth-order valence-corrected chi connectivity index (χ4v) is 2.00. The molecule has 0 bridgehead atoms. The van der Waals surface area contributed by atoms with Gasteiger partial charge in [-0.3, -0.25) is 9.36 Å². The first kappa shape index (κ1) is 12.8. The smallest absolute Gasteiger partial charge is 0.273 e. The molecule has 4 heteroatoms. The summed E-state index contributed by atoms with van der Waals surface area (Å²) in [6, 6.07) is 7.56. The van der Waals surface area contributed by atoms with Crippen LogP contribution in [0.15, 0.2) is 34.8 Å². The van der Waals surface area contributed by atoms with Gasteiger partial charge < -0.3 is 4.42 Å². The van der Waals surface area contributed by atoms with Crippen molar-refractivity contribution in [2.75, 3.05) is 0 Å². The Labute approximate surface area is 111 Å². The Morgan fingerprint density at radius 2 is 2.17 bits per heavy atom. The molecule has 1 aromatic carbocycles. The van der Waals surface area contributed by atoms with Crippen LogP contribution in [0.5, 0.6) is 0 Å². The van der Waals surface area contributed by atoms with Crippen LogP contribution in [-0.4, -0.2) is 10.4 Å². The first-order chi connectivity index (χ1) is 8.58. The number of oxazole rings is 1. The van der Waals surface area contributed by atoms with E-state index in [4.69, 9.17) is 16.6 Å². The van der Waals surface area contributed by atoms with Crippen LogP contribution in [0.25, 0.3) is 17.3 Å². The van der Waals surface area contributed by atoms with Crippen LogP contribution in [0.1, 0.15) is 20.3 Å². The zero-order chi connectivity index (χ0) is 13.1. The molecule has 0 atom stereocenters. The molecular weight excluding hydrogens is 246 g/mol. The maximum absolute atomic E-state index is 11.6. The van der Waals surface area contributed by atoms with E-state index in [9.17, 15) is 4.79 Å². The second-order valence-electron chi connectivity index (χ2n) is 4.59. The molecule has 0 saturated heterocycles. The summed E-state index contributed by atoms with van der Waals surface area (Å²) in [5.41, 5.74) is 1.60. The molecule has 18 heavy (non-hydrogen) atoms. The third-order valence-corrected chi connectivity index (χ3v) is 2.82. The molecule has 2 aromatic rings. The Kier molecular flexibility index (Phi) is 3.77. The van der Waals surface area contributed by atoms with E-state index in [0.29, 0.717) is 17.2 Å². The number of allylic oxidation sites excluding steroid dienone is 1. The molecule has 0 spiro atoms. The van der Waals surface area contributed by atoms with Crippen molar-refractivity contribution in [3.63, 3.8) is 0 Å². The fraction of sp³-hybridized carbons (Fsp3) is 0.286. The molecule has 1 aromatic heterocycles. The van der Waals surface area contributed by atoms with Gasteiger partial charge >= 0.3 is 0 Å². The minimum Gasteiger partial charge on any atom is -0.429 e. The average molecular weight is 261 g/mol. The average Bonchev–Trinajstić information content (AvgIpc) is 2.61. The van der Waals surface area contributed by atoms with Crippen molar-refractivity contribution in [3.05, 3.63) is 35.2 Å². The lowest BCUT2D eigenvalue weighted by Gasteiger charge is -1.99. The zero-order valence-electron chi connectivity index (χ0n) is 10.4. The second-order valence-corrected chi connectivity index (χ2v) is 4.93. The lowest BCUT2D eigenvalue weighted by molar-refractivity contribution is -0.115. The normalized spacial score (nSPS) is 11.7. The third kappa shape index (κ3) is 2.76. The summed E-state index contributed by atoms with van der Waals surface area (Å²) >= 11 is 5.13. The van der Waals surface area contributed by atoms with Crippen LogP contribution < -0.4 is 0 Å². The third-order valence-electron chi connectivity index (χ3n) is 2.54. The van der Waals surface area contributed by atoms with Crippen LogP contribution in [0.4, 0.5) is 0 Å². The Bertz CT molecular complexity index is 649. The first-order valence-corrected chi connectivity index (χ1v) is 6.30. The van der Waals surface area contributed by atoms with Crippen LogP contribution in [0.2, 0.25) is 0 Å². The lowest BCUT2D eigenvalue weighted by atomic mass is 10.1. The van der Waals surface area contributed by atoms with Gasteiger partial charge in [0.2, 0.25) is 0 Å². The minimum absolute atomic E-state index is 0.0946. The largest absolute Gasteiger partial charge is 0.429 e. The molecule has 0 fully saturated rings. The van der Waals surface area contributed by atoms with Gasteiger partial charge in [-0.15, -0.1) is 0 Å². The number of rotatable bonds is 4. The Morgan fingerprint density at radius 3 is 2.89 bits per heavy atom. The SMILES string of the molecule is CC(C)CC(=O)/C=C\n1c(=S)oc2ccccc21. The molecule has 1 heterocycles. The molecular formula is C14H15NO2S. The van der Waals surface area contributed by atoms with Gasteiger partial charge in [-0.05, 0) is 36.3 Å². The number of hydrogen-bond donors (Lipinski definition) is 0. The monoisotopic (exact) mass is 261 g/mol. The Balaban J connectivity index is 2.32. The van der Waals surface area contributed by atoms with Gasteiger partial charge in [0.1, 0.15) is 0 Å². The van der Waals surface area contributed by atoms with E-state index in [1.54, 1.807) is 16.8 Å². The number of nitrogens with zero attached hydrogens (tertiary/aromatic N) is 1. The van der Waals surface area contributed by atoms with E-state index < -0.39 is 0 Å². The molecule has 0 unspecified atom stereocenters. The van der Waals surface area contributed by atoms with Crippen molar-refractivity contribution < 1.29 is 9.21 Å². The summed E-state index contributed by atoms with van der Waals surface area (Å²) in [5.74, 6) is 0.452. The van der Waals surface area contributed by atoms with Gasteiger partial charge in [-0.25, -0.2) is 0 Å². The van der Waals surface area contributed by atoms with Gasteiger partial charge in [0.05, 0.1) is 5.52 Å². The van der Waals surface area contributed by atoms with E-state index >= 15 is 0 Å². The van der Waals surface area contributed by atoms with Crippen molar-refractivity contribution in [1.82, 2.24) is 4.57 Å². The standard InChI is InChI=1S/C14H15NO2S/c1-10(2)9-11(16)7-8-15-12-5-3-4-6-13(12)17-14(15)18/h3-8,10H,9H2,1-2H3/b8-7-. The summed E-state index contributed by atoms with van der Waals surface area (Å²) in [5, 5.41) is 0. The molecule has 0 amide bonds. The van der Waals surface area contributed by atoms with Crippen LogP contribution in [0, 0.1) is 10.8 Å². The van der Waals surface area contributed by atoms with Crippen molar-refractivity contribution >= 4 is 35.3 Å². The lowest BCUT2D eigenvalue weighted by Crippen LogP contribution is -1.99. The predicted molar refractivity (Wildman–Crippen MR) is 74.8 cm³/mol. The van der Waals surface area contributed by atoms with Gasteiger partial charge in [0.25, 0.3) is 4.84 Å². The molecule has 0 saturated carbocycles. The van der Waals surface area contributed by atoms with Gasteiger partial charge in [-0.1, -0.05) is 26.0 Å². The van der Waals surface area contributed by atoms with Crippen molar-refractivity contribution in [3.8, 4) is 0 Å². The maximum atomic E-state index is 11.6. The summed E-state index contributed by atoms with van der Waals surface area (Å²) in [6.07, 6.45) is 3.77. The van der Waals surface area contributed by atoms with E-state index in [1.807, 2.05) is 38.1 Å². The Morgan fingerprint density at radius 1 is 1.44 bits per heavy atom. The molecule has 3 nitrogen and oxygen atoms in total. The van der Waals surface area contributed by atoms with Gasteiger partial charge in [0, 0.05) is 12.6 Å². The van der Waals surface area contributed by atoms with Crippen LogP contribution in [0.3, 0.4) is 0 Å². The minimum atomic E-state index is 0.0946. The molecule has 0 radical (unpaired) electrons. The van der Waals surface area contributed by atoms with Crippen LogP contribution in [-0.2, 0) is 4.79 Å². The molecule has 0 aliphatic heterocycles. The quantitative estimate of drug-likeness (QED) is 0.615. The number of para-hydroxylation sites is 2. The molecule has 0 aliphatic carbocycles. The summed E-state index contributed by atoms with van der Waals surface area (Å²) in [7, 11) is 0. The molecule has 2 rings (SSSR count). The molecule has 0 aliphatic rings. The number of ketones is 1. The van der Waals surface area contributed by atoms with E-state index in [-0.39, 0.29) is 5.78 Å². The van der Waals surface area contributed by atoms with E-state index in [1.165, 1.54) is 0 Å². The summed E-state index contributed by atoms with van der Waals surface area (Å²) in [6.45, 7) is 4.04. The second kappa shape index (κ2) is 5.31. The topological polar surface area (TPSA) is 35.1 Å². The van der Waals surface area contributed by atoms with Gasteiger partial charge in [0.15, 0.2) is 11.4 Å². The Hall–Kier alpha value is -1.68. The van der Waals surface area contributed by atoms with Crippen LogP contribution >= 0.6 is 12.2 Å². The van der Waals surface area contributed by atoms with Crippen molar-refractivity contribution in [2.45, 2.75) is 20.3 Å². The number of carbonyl (C=O) groups excluding carboxylic acids is 1. The van der Waals surface area contributed by atoms with Crippen molar-refractivity contribution in [1.29, 1.82) is 0 Å². The van der Waals surface area contributed by atoms with Crippen molar-refractivity contribution in [2.24, 2.45) is 5.92 Å². The van der Waals surface area contributed by atoms with E-state index in [0.717, 1.165) is 11.1 Å². The maximum Gasteiger partial charge on any atom is 0.273 e. The number of carbonyl (C=O) groups is 1. The number of fused-ring (bicyclic) bond motifs is 1. The number of hydrogen-bond acceptors (Lipinski definition) is 3. The number of benzene rings is 1. The highest BCUT2D eigenvalue weighted by Gasteiger charge is 2.04. The fourth-order valence-electron chi connectivity index (χ4n) is 1.75. The van der Waals surface area contributed by atoms with E-state index in [2.05, 4.69) is 0 Å². The highest BCUT2D eigenvalue weighted by Crippen LogP contribution is 2.17. The molecule has 94 valence electrons. The molecule has 0 N–H and O–H groups in total.